The summed E-state index contributed by atoms with van der Waals surface area (Å²) < 4.78 is 12.4. The molecular formula is C26H23BrClNO3. The molecule has 0 bridgehead atoms. The first-order valence-corrected chi connectivity index (χ1v) is 11.8. The lowest BCUT2D eigenvalue weighted by Gasteiger charge is -2.15. The largest absolute Gasteiger partial charge is 0.488 e. The Labute approximate surface area is 201 Å². The first-order valence-electron chi connectivity index (χ1n) is 10.6. The number of halogens is 2. The lowest BCUT2D eigenvalue weighted by atomic mass is 9.99. The highest BCUT2D eigenvalue weighted by molar-refractivity contribution is 9.10. The Hall–Kier alpha value is -2.63. The molecule has 1 aromatic heterocycles. The molecule has 0 aliphatic heterocycles. The first kappa shape index (κ1) is 22.6. The second-order valence-electron chi connectivity index (χ2n) is 7.46. The number of pyridine rings is 1. The quantitative estimate of drug-likeness (QED) is 0.311. The smallest absolute Gasteiger partial charge is 0.356 e. The number of ether oxygens (including phenoxy) is 2. The van der Waals surface area contributed by atoms with Crippen LogP contribution in [0.2, 0.25) is 5.02 Å². The fourth-order valence-corrected chi connectivity index (χ4v) is 4.45. The predicted octanol–water partition coefficient (Wildman–Crippen LogP) is 7.35. The summed E-state index contributed by atoms with van der Waals surface area (Å²) >= 11 is 9.95. The molecule has 3 aromatic rings. The Balaban J connectivity index is 1.70. The maximum Gasteiger partial charge on any atom is 0.356 e. The highest BCUT2D eigenvalue weighted by Crippen LogP contribution is 2.43. The number of benzene rings is 2. The lowest BCUT2D eigenvalue weighted by molar-refractivity contribution is 0.0519. The molecule has 1 aliphatic rings. The summed E-state index contributed by atoms with van der Waals surface area (Å²) in [6.07, 6.45) is 2.78. The highest BCUT2D eigenvalue weighted by Gasteiger charge is 2.23. The van der Waals surface area contributed by atoms with Crippen LogP contribution in [0, 0.1) is 0 Å². The Morgan fingerprint density at radius 3 is 2.69 bits per heavy atom. The molecule has 6 heteroatoms. The number of hydrogen-bond acceptors (Lipinski definition) is 4. The van der Waals surface area contributed by atoms with E-state index in [0.29, 0.717) is 23.9 Å². The molecule has 2 aromatic carbocycles. The Kier molecular flexibility index (Phi) is 7.28. The van der Waals surface area contributed by atoms with Gasteiger partial charge in [0.05, 0.1) is 12.3 Å². The van der Waals surface area contributed by atoms with E-state index in [0.717, 1.165) is 57.5 Å². The van der Waals surface area contributed by atoms with E-state index in [1.807, 2.05) is 54.6 Å². The van der Waals surface area contributed by atoms with E-state index in [1.54, 1.807) is 13.0 Å². The maximum absolute atomic E-state index is 12.2. The second kappa shape index (κ2) is 10.3. The zero-order chi connectivity index (χ0) is 22.5. The number of carbonyl (C=O) groups excluding carboxylic acids is 1. The van der Waals surface area contributed by atoms with Crippen molar-refractivity contribution >= 4 is 44.6 Å². The van der Waals surface area contributed by atoms with E-state index in [2.05, 4.69) is 20.9 Å². The first-order chi connectivity index (χ1) is 15.6. The van der Waals surface area contributed by atoms with Crippen LogP contribution in [0.15, 0.2) is 65.1 Å². The van der Waals surface area contributed by atoms with Gasteiger partial charge in [-0.05, 0) is 73.7 Å². The Bertz CT molecular complexity index is 1180. The minimum atomic E-state index is -0.408. The van der Waals surface area contributed by atoms with E-state index in [4.69, 9.17) is 21.1 Å². The van der Waals surface area contributed by atoms with E-state index in [9.17, 15) is 4.79 Å². The zero-order valence-electron chi connectivity index (χ0n) is 17.7. The molecule has 0 fully saturated rings. The predicted molar refractivity (Wildman–Crippen MR) is 131 cm³/mol. The molecule has 1 aliphatic carbocycles. The van der Waals surface area contributed by atoms with Crippen molar-refractivity contribution in [2.75, 3.05) is 6.61 Å². The van der Waals surface area contributed by atoms with Crippen LogP contribution < -0.4 is 4.74 Å². The number of hydrogen-bond donors (Lipinski definition) is 0. The topological polar surface area (TPSA) is 48.4 Å². The Morgan fingerprint density at radius 2 is 1.88 bits per heavy atom. The number of rotatable bonds is 7. The van der Waals surface area contributed by atoms with Crippen molar-refractivity contribution < 1.29 is 14.3 Å². The SMILES string of the molecule is CCOC(=O)c1cccc(C2=C(c3cc(Cl)ccc3OCc3ccccc3Br)CCC2)n1. The van der Waals surface area contributed by atoms with Gasteiger partial charge in [0.15, 0.2) is 0 Å². The van der Waals surface area contributed by atoms with Gasteiger partial charge < -0.3 is 9.47 Å². The van der Waals surface area contributed by atoms with Crippen molar-refractivity contribution in [2.24, 2.45) is 0 Å². The van der Waals surface area contributed by atoms with Crippen molar-refractivity contribution in [3.63, 3.8) is 0 Å². The van der Waals surface area contributed by atoms with Crippen LogP contribution in [0.1, 0.15) is 53.5 Å². The summed E-state index contributed by atoms with van der Waals surface area (Å²) in [4.78, 5) is 16.8. The number of allylic oxidation sites excluding steroid dienone is 2. The van der Waals surface area contributed by atoms with Gasteiger partial charge in [0.2, 0.25) is 0 Å². The minimum Gasteiger partial charge on any atom is -0.488 e. The van der Waals surface area contributed by atoms with Crippen molar-refractivity contribution in [1.82, 2.24) is 4.98 Å². The summed E-state index contributed by atoms with van der Waals surface area (Å²) in [5.41, 5.74) is 5.42. The molecule has 0 atom stereocenters. The van der Waals surface area contributed by atoms with Gasteiger partial charge in [0, 0.05) is 20.6 Å². The average Bonchev–Trinajstić information content (AvgIpc) is 3.29. The second-order valence-corrected chi connectivity index (χ2v) is 8.75. The van der Waals surface area contributed by atoms with Gasteiger partial charge in [0.1, 0.15) is 18.1 Å². The van der Waals surface area contributed by atoms with Crippen LogP contribution in [-0.4, -0.2) is 17.6 Å². The van der Waals surface area contributed by atoms with Crippen LogP contribution in [0.25, 0.3) is 11.1 Å². The molecule has 164 valence electrons. The van der Waals surface area contributed by atoms with Crippen molar-refractivity contribution in [2.45, 2.75) is 32.8 Å². The maximum atomic E-state index is 12.2. The minimum absolute atomic E-state index is 0.319. The summed E-state index contributed by atoms with van der Waals surface area (Å²) in [5.74, 6) is 0.371. The molecule has 0 spiro atoms. The fraction of sp³-hybridized carbons (Fsp3) is 0.231. The molecule has 0 amide bonds. The number of carbonyl (C=O) groups is 1. The molecule has 0 radical (unpaired) electrons. The molecule has 32 heavy (non-hydrogen) atoms. The van der Waals surface area contributed by atoms with Crippen LogP contribution in [0.4, 0.5) is 0 Å². The molecule has 0 saturated heterocycles. The molecule has 0 N–H and O–H groups in total. The molecule has 4 rings (SSSR count). The van der Waals surface area contributed by atoms with Gasteiger partial charge in [-0.1, -0.05) is 51.8 Å². The van der Waals surface area contributed by atoms with Gasteiger partial charge >= 0.3 is 5.97 Å². The van der Waals surface area contributed by atoms with Crippen LogP contribution in [0.5, 0.6) is 5.75 Å². The normalized spacial score (nSPS) is 13.3. The lowest BCUT2D eigenvalue weighted by Crippen LogP contribution is -2.08. The zero-order valence-corrected chi connectivity index (χ0v) is 20.1. The average molecular weight is 513 g/mol. The van der Waals surface area contributed by atoms with Crippen molar-refractivity contribution in [3.05, 3.63) is 92.7 Å². The van der Waals surface area contributed by atoms with Crippen molar-refractivity contribution in [3.8, 4) is 5.75 Å². The number of nitrogens with zero attached hydrogens (tertiary/aromatic N) is 1. The van der Waals surface area contributed by atoms with Crippen molar-refractivity contribution in [1.29, 1.82) is 0 Å². The van der Waals surface area contributed by atoms with E-state index < -0.39 is 5.97 Å². The monoisotopic (exact) mass is 511 g/mol. The van der Waals surface area contributed by atoms with Gasteiger partial charge in [-0.25, -0.2) is 9.78 Å². The van der Waals surface area contributed by atoms with Gasteiger partial charge in [0.25, 0.3) is 0 Å². The molecular weight excluding hydrogens is 490 g/mol. The van der Waals surface area contributed by atoms with Crippen LogP contribution in [-0.2, 0) is 11.3 Å². The number of aromatic nitrogens is 1. The van der Waals surface area contributed by atoms with Crippen LogP contribution >= 0.6 is 27.5 Å². The van der Waals surface area contributed by atoms with E-state index in [-0.39, 0.29) is 0 Å². The van der Waals surface area contributed by atoms with E-state index in [1.165, 1.54) is 0 Å². The molecule has 0 saturated carbocycles. The van der Waals surface area contributed by atoms with E-state index >= 15 is 0 Å². The Morgan fingerprint density at radius 1 is 1.06 bits per heavy atom. The third kappa shape index (κ3) is 5.05. The van der Waals surface area contributed by atoms with Gasteiger partial charge in [-0.15, -0.1) is 0 Å². The van der Waals surface area contributed by atoms with Gasteiger partial charge in [-0.3, -0.25) is 0 Å². The third-order valence-electron chi connectivity index (χ3n) is 5.37. The standard InChI is InChI=1S/C26H23BrClNO3/c1-2-31-26(30)24-12-6-11-23(29-24)20-9-5-8-19(20)21-15-18(28)13-14-25(21)32-16-17-7-3-4-10-22(17)27/h3-4,6-7,10-15H,2,5,8-9,16H2,1H3. The highest BCUT2D eigenvalue weighted by atomic mass is 79.9. The van der Waals surface area contributed by atoms with Gasteiger partial charge in [-0.2, -0.15) is 0 Å². The fourth-order valence-electron chi connectivity index (χ4n) is 3.88. The summed E-state index contributed by atoms with van der Waals surface area (Å²) in [6.45, 7) is 2.54. The number of esters is 1. The molecule has 0 unspecified atom stereocenters. The summed E-state index contributed by atoms with van der Waals surface area (Å²) in [6, 6.07) is 19.2. The van der Waals surface area contributed by atoms with Crippen LogP contribution in [0.3, 0.4) is 0 Å². The molecule has 4 nitrogen and oxygen atoms in total. The summed E-state index contributed by atoms with van der Waals surface area (Å²) in [5, 5.41) is 0.653. The summed E-state index contributed by atoms with van der Waals surface area (Å²) in [7, 11) is 0. The molecule has 1 heterocycles. The third-order valence-corrected chi connectivity index (χ3v) is 6.38.